The molecule has 0 aromatic carbocycles. The number of hydrogen-bond donors (Lipinski definition) is 2. The van der Waals surface area contributed by atoms with Crippen LogP contribution in [-0.4, -0.2) is 16.7 Å². The molecule has 0 aromatic rings. The smallest absolute Gasteiger partial charge is 0.249 e. The number of carbonyl (C=O) groups is 1. The largest absolute Gasteiger partial charge is 0.334 e. The molecule has 0 atom stereocenters. The van der Waals surface area contributed by atoms with Crippen molar-refractivity contribution in [2.45, 2.75) is 71.6 Å². The van der Waals surface area contributed by atoms with E-state index in [2.05, 4.69) is 24.5 Å². The van der Waals surface area contributed by atoms with E-state index in [1.807, 2.05) is 6.08 Å². The van der Waals surface area contributed by atoms with Crippen molar-refractivity contribution >= 4 is 28.9 Å². The fraction of sp³-hybridized carbons (Fsp3) is 0.571. The first-order valence-corrected chi connectivity index (χ1v) is 10.2. The van der Waals surface area contributed by atoms with Crippen molar-refractivity contribution in [2.24, 2.45) is 10.9 Å². The van der Waals surface area contributed by atoms with E-state index >= 15 is 0 Å². The Morgan fingerprint density at radius 2 is 1.92 bits per heavy atom. The zero-order valence-electron chi connectivity index (χ0n) is 15.9. The van der Waals surface area contributed by atoms with E-state index < -0.39 is 0 Å². The molecule has 1 heterocycles. The predicted molar refractivity (Wildman–Crippen MR) is 111 cm³/mol. The van der Waals surface area contributed by atoms with Gasteiger partial charge in [0.1, 0.15) is 0 Å². The first-order chi connectivity index (χ1) is 12.5. The maximum atomic E-state index is 12.1. The Balaban J connectivity index is 1.60. The summed E-state index contributed by atoms with van der Waals surface area (Å²) >= 11 is 5.36. The van der Waals surface area contributed by atoms with Crippen molar-refractivity contribution in [1.82, 2.24) is 10.6 Å². The third-order valence-corrected chi connectivity index (χ3v) is 5.64. The number of carbonyl (C=O) groups excluding carboxylic acids is 1. The van der Waals surface area contributed by atoms with Gasteiger partial charge in [-0.3, -0.25) is 15.1 Å². The van der Waals surface area contributed by atoms with Crippen LogP contribution in [0.5, 0.6) is 0 Å². The third-order valence-electron chi connectivity index (χ3n) is 5.43. The van der Waals surface area contributed by atoms with Crippen LogP contribution in [0.15, 0.2) is 39.7 Å². The summed E-state index contributed by atoms with van der Waals surface area (Å²) in [5, 5.41) is 6.38. The van der Waals surface area contributed by atoms with Crippen LogP contribution in [0.3, 0.4) is 0 Å². The molecule has 2 aliphatic carbocycles. The number of nitrogens with zero attached hydrogens (tertiary/aromatic N) is 1. The quantitative estimate of drug-likeness (QED) is 0.559. The van der Waals surface area contributed by atoms with Gasteiger partial charge in [-0.2, -0.15) is 0 Å². The lowest BCUT2D eigenvalue weighted by atomic mass is 9.88. The second-order valence-electron chi connectivity index (χ2n) is 7.66. The Bertz CT molecular complexity index is 709. The number of amides is 1. The van der Waals surface area contributed by atoms with E-state index in [1.54, 1.807) is 6.08 Å². The minimum Gasteiger partial charge on any atom is -0.334 e. The first-order valence-electron chi connectivity index (χ1n) is 9.79. The second-order valence-corrected chi connectivity index (χ2v) is 8.07. The molecule has 0 spiro atoms. The molecule has 26 heavy (non-hydrogen) atoms. The van der Waals surface area contributed by atoms with Crippen LogP contribution in [0.2, 0.25) is 0 Å². The highest BCUT2D eigenvalue weighted by molar-refractivity contribution is 7.80. The van der Waals surface area contributed by atoms with Gasteiger partial charge >= 0.3 is 0 Å². The molecule has 1 amide bonds. The van der Waals surface area contributed by atoms with Crippen molar-refractivity contribution in [3.63, 3.8) is 0 Å². The normalized spacial score (nSPS) is 21.5. The summed E-state index contributed by atoms with van der Waals surface area (Å²) < 4.78 is 0. The summed E-state index contributed by atoms with van der Waals surface area (Å²) in [5.41, 5.74) is 5.94. The van der Waals surface area contributed by atoms with Crippen molar-refractivity contribution in [3.8, 4) is 0 Å². The Morgan fingerprint density at radius 1 is 1.15 bits per heavy atom. The lowest BCUT2D eigenvalue weighted by Crippen LogP contribution is -2.39. The molecule has 0 bridgehead atoms. The van der Waals surface area contributed by atoms with Gasteiger partial charge in [0.25, 0.3) is 0 Å². The van der Waals surface area contributed by atoms with E-state index in [4.69, 9.17) is 17.2 Å². The molecular formula is C21H29N3OS. The Hall–Kier alpha value is -1.75. The molecule has 3 rings (SSSR count). The lowest BCUT2D eigenvalue weighted by molar-refractivity contribution is -0.115. The first kappa shape index (κ1) is 19.0. The van der Waals surface area contributed by atoms with Gasteiger partial charge in [-0.05, 0) is 75.7 Å². The zero-order chi connectivity index (χ0) is 18.5. The van der Waals surface area contributed by atoms with Crippen molar-refractivity contribution in [1.29, 1.82) is 0 Å². The molecule has 0 saturated heterocycles. The highest BCUT2D eigenvalue weighted by Gasteiger charge is 2.23. The van der Waals surface area contributed by atoms with Gasteiger partial charge < -0.3 is 5.32 Å². The molecule has 0 radical (unpaired) electrons. The number of nitrogens with one attached hydrogen (secondary N) is 2. The molecule has 4 nitrogen and oxygen atoms in total. The van der Waals surface area contributed by atoms with Crippen LogP contribution in [0.25, 0.3) is 0 Å². The Labute approximate surface area is 161 Å². The number of thiocarbonyl (C=S) groups is 1. The molecule has 0 unspecified atom stereocenters. The van der Waals surface area contributed by atoms with Crippen LogP contribution < -0.4 is 10.6 Å². The topological polar surface area (TPSA) is 53.5 Å². The average molecular weight is 372 g/mol. The van der Waals surface area contributed by atoms with Gasteiger partial charge in [0.15, 0.2) is 5.11 Å². The van der Waals surface area contributed by atoms with Crippen LogP contribution >= 0.6 is 12.2 Å². The van der Waals surface area contributed by atoms with Gasteiger partial charge in [-0.1, -0.05) is 30.9 Å². The van der Waals surface area contributed by atoms with Gasteiger partial charge in [-0.25, -0.2) is 0 Å². The van der Waals surface area contributed by atoms with Crippen molar-refractivity contribution < 1.29 is 4.79 Å². The van der Waals surface area contributed by atoms with Crippen molar-refractivity contribution in [2.75, 3.05) is 0 Å². The molecule has 3 aliphatic rings. The van der Waals surface area contributed by atoms with Crippen LogP contribution in [0.4, 0.5) is 0 Å². The van der Waals surface area contributed by atoms with Gasteiger partial charge in [0.05, 0.1) is 5.70 Å². The van der Waals surface area contributed by atoms with Gasteiger partial charge in [0.2, 0.25) is 5.91 Å². The highest BCUT2D eigenvalue weighted by Crippen LogP contribution is 2.35. The molecule has 1 saturated carbocycles. The third kappa shape index (κ3) is 4.91. The number of fused-ring (bicyclic) bond motifs is 1. The molecule has 2 N–H and O–H groups in total. The Kier molecular flexibility index (Phi) is 6.41. The number of hydrogen-bond acceptors (Lipinski definition) is 3. The van der Waals surface area contributed by atoms with Crippen molar-refractivity contribution in [3.05, 3.63) is 34.7 Å². The van der Waals surface area contributed by atoms with Gasteiger partial charge in [-0.15, -0.1) is 0 Å². The van der Waals surface area contributed by atoms with Gasteiger partial charge in [0, 0.05) is 17.8 Å². The number of rotatable bonds is 3. The predicted octanol–water partition coefficient (Wildman–Crippen LogP) is 4.69. The fourth-order valence-electron chi connectivity index (χ4n) is 4.13. The van der Waals surface area contributed by atoms with E-state index in [1.165, 1.54) is 43.3 Å². The highest BCUT2D eigenvalue weighted by atomic mass is 32.1. The summed E-state index contributed by atoms with van der Waals surface area (Å²) in [4.78, 5) is 16.9. The maximum Gasteiger partial charge on any atom is 0.249 e. The van der Waals surface area contributed by atoms with E-state index in [-0.39, 0.29) is 5.91 Å². The lowest BCUT2D eigenvalue weighted by Gasteiger charge is -2.27. The summed E-state index contributed by atoms with van der Waals surface area (Å²) in [5.74, 6) is 0.388. The standard InChI is InChI=1S/C21H29N3OS/c1-14-13-15(2)22-20-17(14)9-6-10-18(20)23-21(26)24-19(25)12-11-16-7-4-3-5-8-16/h11-12,16H,3-10,13H2,1-2H3,(H2,23,24,25,26)/b12-11+. The SMILES string of the molecule is CC1=NC2=C(NC(=S)NC(=O)/C=C/C3CCCCC3)CCCC2=C(C)C1. The van der Waals surface area contributed by atoms with E-state index in [9.17, 15) is 4.79 Å². The molecular weight excluding hydrogens is 342 g/mol. The molecule has 140 valence electrons. The molecule has 0 aromatic heterocycles. The van der Waals surface area contributed by atoms with Crippen LogP contribution in [0, 0.1) is 5.92 Å². The monoisotopic (exact) mass is 371 g/mol. The van der Waals surface area contributed by atoms with E-state index in [0.717, 1.165) is 42.8 Å². The van der Waals surface area contributed by atoms with Crippen LogP contribution in [0.1, 0.15) is 71.6 Å². The average Bonchev–Trinajstić information content (AvgIpc) is 2.61. The molecule has 5 heteroatoms. The summed E-state index contributed by atoms with van der Waals surface area (Å²) in [6, 6.07) is 0. The minimum absolute atomic E-state index is 0.148. The number of allylic oxidation sites excluding steroid dienone is 4. The summed E-state index contributed by atoms with van der Waals surface area (Å²) in [6.45, 7) is 4.25. The summed E-state index contributed by atoms with van der Waals surface area (Å²) in [7, 11) is 0. The maximum absolute atomic E-state index is 12.1. The Morgan fingerprint density at radius 3 is 2.69 bits per heavy atom. The molecule has 1 fully saturated rings. The molecule has 1 aliphatic heterocycles. The van der Waals surface area contributed by atoms with Crippen LogP contribution in [-0.2, 0) is 4.79 Å². The zero-order valence-corrected chi connectivity index (χ0v) is 16.7. The number of aliphatic imine (C=N–C) groups is 1. The fourth-order valence-corrected chi connectivity index (χ4v) is 4.35. The second kappa shape index (κ2) is 8.76. The minimum atomic E-state index is -0.148. The number of dihydropyridines is 1. The van der Waals surface area contributed by atoms with E-state index in [0.29, 0.717) is 11.0 Å². The summed E-state index contributed by atoms with van der Waals surface area (Å²) in [6.07, 6.45) is 13.9.